The van der Waals surface area contributed by atoms with Crippen LogP contribution < -0.4 is 5.73 Å². The van der Waals surface area contributed by atoms with Gasteiger partial charge in [0.1, 0.15) is 0 Å². The van der Waals surface area contributed by atoms with Gasteiger partial charge in [-0.3, -0.25) is 0 Å². The molecule has 0 fully saturated rings. The minimum absolute atomic E-state index is 0.123. The Labute approximate surface area is 109 Å². The summed E-state index contributed by atoms with van der Waals surface area (Å²) in [6, 6.07) is 0. The van der Waals surface area contributed by atoms with E-state index in [4.69, 9.17) is 10.7 Å². The van der Waals surface area contributed by atoms with Crippen LogP contribution in [0.2, 0.25) is 0 Å². The highest BCUT2D eigenvalue weighted by Gasteiger charge is 2.27. The average molecular weight is 265 g/mol. The number of hydrogen-bond acceptors (Lipinski definition) is 5. The minimum atomic E-state index is 0.123. The van der Waals surface area contributed by atoms with Gasteiger partial charge in [0, 0.05) is 10.3 Å². The van der Waals surface area contributed by atoms with Crippen molar-refractivity contribution in [2.45, 2.75) is 39.0 Å². The lowest BCUT2D eigenvalue weighted by atomic mass is 9.98. The summed E-state index contributed by atoms with van der Waals surface area (Å²) in [4.78, 5) is 11.8. The molecule has 0 unspecified atom stereocenters. The summed E-state index contributed by atoms with van der Waals surface area (Å²) in [6.45, 7) is 6.62. The molecule has 0 amide bonds. The first-order chi connectivity index (χ1) is 7.95. The normalized spacial score (nSPS) is 14.5. The van der Waals surface area contributed by atoms with E-state index in [1.807, 2.05) is 11.3 Å². The van der Waals surface area contributed by atoms with Gasteiger partial charge in [0.2, 0.25) is 0 Å². The zero-order valence-corrected chi connectivity index (χ0v) is 11.8. The molecule has 0 radical (unpaired) electrons. The average Bonchev–Trinajstić information content (AvgIpc) is 2.76. The predicted octanol–water partition coefficient (Wildman–Crippen LogP) is 3.24. The standard InChI is InChI=1S/C12H15N3S2/c1-12(2,3)10-15-8-7(16-10)5-4-6-9(8)17-11(13)14-6/h4-5H2,1-3H3,(H2,13,14). The second-order valence-corrected chi connectivity index (χ2v) is 7.48. The van der Waals surface area contributed by atoms with Gasteiger partial charge in [0.15, 0.2) is 5.13 Å². The first-order valence-corrected chi connectivity index (χ1v) is 7.34. The minimum Gasteiger partial charge on any atom is -0.375 e. The monoisotopic (exact) mass is 265 g/mol. The number of nitrogen functional groups attached to an aromatic ring is 1. The van der Waals surface area contributed by atoms with E-state index >= 15 is 0 Å². The fourth-order valence-electron chi connectivity index (χ4n) is 1.98. The van der Waals surface area contributed by atoms with Gasteiger partial charge < -0.3 is 5.73 Å². The Morgan fingerprint density at radius 1 is 1.12 bits per heavy atom. The number of aromatic nitrogens is 2. The highest BCUT2D eigenvalue weighted by Crippen LogP contribution is 2.42. The van der Waals surface area contributed by atoms with Gasteiger partial charge in [0.25, 0.3) is 0 Å². The van der Waals surface area contributed by atoms with Gasteiger partial charge in [-0.25, -0.2) is 9.97 Å². The molecule has 0 atom stereocenters. The number of hydrogen-bond donors (Lipinski definition) is 1. The Balaban J connectivity index is 2.16. The fourth-order valence-corrected chi connectivity index (χ4v) is 4.06. The quantitative estimate of drug-likeness (QED) is 0.795. The van der Waals surface area contributed by atoms with E-state index in [1.54, 1.807) is 11.3 Å². The molecule has 17 heavy (non-hydrogen) atoms. The second kappa shape index (κ2) is 3.53. The molecule has 0 aliphatic heterocycles. The number of anilines is 1. The van der Waals surface area contributed by atoms with Crippen LogP contribution in [0.5, 0.6) is 0 Å². The SMILES string of the molecule is CC(C)(C)c1nc2c(s1)CCc1nc(N)sc1-2. The van der Waals surface area contributed by atoms with Gasteiger partial charge in [-0.2, -0.15) is 0 Å². The smallest absolute Gasteiger partial charge is 0.180 e. The molecule has 0 bridgehead atoms. The van der Waals surface area contributed by atoms with Crippen LogP contribution in [-0.4, -0.2) is 9.97 Å². The molecule has 1 aliphatic rings. The van der Waals surface area contributed by atoms with Crippen LogP contribution in [-0.2, 0) is 18.3 Å². The third kappa shape index (κ3) is 1.77. The number of fused-ring (bicyclic) bond motifs is 3. The fraction of sp³-hybridized carbons (Fsp3) is 0.500. The summed E-state index contributed by atoms with van der Waals surface area (Å²) in [5.41, 5.74) is 8.18. The molecule has 5 heteroatoms. The molecule has 2 aromatic heterocycles. The number of thiazole rings is 2. The molecule has 0 spiro atoms. The van der Waals surface area contributed by atoms with Crippen molar-refractivity contribution in [1.29, 1.82) is 0 Å². The van der Waals surface area contributed by atoms with Crippen LogP contribution in [0.1, 0.15) is 36.3 Å². The van der Waals surface area contributed by atoms with Gasteiger partial charge in [0.05, 0.1) is 21.3 Å². The number of nitrogens with zero attached hydrogens (tertiary/aromatic N) is 2. The first-order valence-electron chi connectivity index (χ1n) is 5.71. The number of aryl methyl sites for hydroxylation is 2. The maximum Gasteiger partial charge on any atom is 0.180 e. The molecule has 3 nitrogen and oxygen atoms in total. The molecule has 1 aliphatic carbocycles. The summed E-state index contributed by atoms with van der Waals surface area (Å²) in [5.74, 6) is 0. The molecule has 90 valence electrons. The molecular weight excluding hydrogens is 250 g/mol. The van der Waals surface area contributed by atoms with Crippen molar-refractivity contribution < 1.29 is 0 Å². The van der Waals surface area contributed by atoms with Crippen molar-refractivity contribution in [3.05, 3.63) is 15.6 Å². The highest BCUT2D eigenvalue weighted by molar-refractivity contribution is 7.19. The van der Waals surface area contributed by atoms with Gasteiger partial charge in [-0.1, -0.05) is 32.1 Å². The molecule has 3 rings (SSSR count). The van der Waals surface area contributed by atoms with Crippen LogP contribution in [0.3, 0.4) is 0 Å². The van der Waals surface area contributed by atoms with Gasteiger partial charge in [-0.05, 0) is 12.8 Å². The van der Waals surface area contributed by atoms with Crippen molar-refractivity contribution in [3.63, 3.8) is 0 Å². The predicted molar refractivity (Wildman–Crippen MR) is 73.7 cm³/mol. The Morgan fingerprint density at radius 2 is 1.88 bits per heavy atom. The Bertz CT molecular complexity index is 575. The molecule has 2 N–H and O–H groups in total. The van der Waals surface area contributed by atoms with E-state index in [0.717, 1.165) is 24.2 Å². The van der Waals surface area contributed by atoms with Crippen molar-refractivity contribution >= 4 is 27.8 Å². The van der Waals surface area contributed by atoms with Crippen LogP contribution in [0.4, 0.5) is 5.13 Å². The summed E-state index contributed by atoms with van der Waals surface area (Å²) < 4.78 is 0. The summed E-state index contributed by atoms with van der Waals surface area (Å²) in [7, 11) is 0. The van der Waals surface area contributed by atoms with Crippen molar-refractivity contribution in [1.82, 2.24) is 9.97 Å². The Kier molecular flexibility index (Phi) is 2.32. The number of nitrogens with two attached hydrogens (primary N) is 1. The van der Waals surface area contributed by atoms with E-state index in [1.165, 1.54) is 14.8 Å². The van der Waals surface area contributed by atoms with Crippen LogP contribution in [0.15, 0.2) is 0 Å². The largest absolute Gasteiger partial charge is 0.375 e. The molecule has 0 saturated carbocycles. The van der Waals surface area contributed by atoms with E-state index in [2.05, 4.69) is 25.8 Å². The van der Waals surface area contributed by atoms with Crippen molar-refractivity contribution in [2.24, 2.45) is 0 Å². The Hall–Kier alpha value is -0.940. The molecule has 0 saturated heterocycles. The first kappa shape index (κ1) is 11.2. The summed E-state index contributed by atoms with van der Waals surface area (Å²) >= 11 is 3.41. The van der Waals surface area contributed by atoms with Gasteiger partial charge in [-0.15, -0.1) is 11.3 Å². The van der Waals surface area contributed by atoms with E-state index in [-0.39, 0.29) is 5.41 Å². The van der Waals surface area contributed by atoms with Gasteiger partial charge >= 0.3 is 0 Å². The zero-order chi connectivity index (χ0) is 12.2. The molecule has 0 aromatic carbocycles. The zero-order valence-electron chi connectivity index (χ0n) is 10.2. The molecule has 2 heterocycles. The Morgan fingerprint density at radius 3 is 2.59 bits per heavy atom. The molecular formula is C12H15N3S2. The van der Waals surface area contributed by atoms with Crippen molar-refractivity contribution in [2.75, 3.05) is 5.73 Å². The van der Waals surface area contributed by atoms with E-state index in [9.17, 15) is 0 Å². The third-order valence-electron chi connectivity index (χ3n) is 2.86. The topological polar surface area (TPSA) is 51.8 Å². The highest BCUT2D eigenvalue weighted by atomic mass is 32.1. The lowest BCUT2D eigenvalue weighted by Crippen LogP contribution is -2.10. The van der Waals surface area contributed by atoms with E-state index in [0.29, 0.717) is 5.13 Å². The number of rotatable bonds is 0. The maximum atomic E-state index is 5.79. The summed E-state index contributed by atoms with van der Waals surface area (Å²) in [6.07, 6.45) is 2.06. The third-order valence-corrected chi connectivity index (χ3v) is 5.33. The van der Waals surface area contributed by atoms with E-state index < -0.39 is 0 Å². The van der Waals surface area contributed by atoms with Crippen LogP contribution in [0, 0.1) is 0 Å². The lowest BCUT2D eigenvalue weighted by molar-refractivity contribution is 0.586. The van der Waals surface area contributed by atoms with Crippen molar-refractivity contribution in [3.8, 4) is 10.6 Å². The molecule has 2 aromatic rings. The summed E-state index contributed by atoms with van der Waals surface area (Å²) in [5, 5.41) is 1.87. The van der Waals surface area contributed by atoms with Crippen LogP contribution in [0.25, 0.3) is 10.6 Å². The van der Waals surface area contributed by atoms with Crippen LogP contribution >= 0.6 is 22.7 Å². The second-order valence-electron chi connectivity index (χ2n) is 5.37. The maximum absolute atomic E-state index is 5.79. The lowest BCUT2D eigenvalue weighted by Gasteiger charge is -2.13.